The predicted octanol–water partition coefficient (Wildman–Crippen LogP) is 4.95. The highest BCUT2D eigenvalue weighted by atomic mass is 19.1. The average Bonchev–Trinajstić information content (AvgIpc) is 3.46. The molecule has 1 N–H and O–H groups in total. The minimum Gasteiger partial charge on any atom is -0.493 e. The van der Waals surface area contributed by atoms with Gasteiger partial charge in [0.25, 0.3) is 0 Å². The lowest BCUT2D eigenvalue weighted by Gasteiger charge is -2.34. The van der Waals surface area contributed by atoms with Crippen LogP contribution in [-0.4, -0.2) is 48.3 Å². The molecule has 1 aliphatic heterocycles. The van der Waals surface area contributed by atoms with Gasteiger partial charge in [0.2, 0.25) is 5.91 Å². The van der Waals surface area contributed by atoms with Crippen molar-refractivity contribution < 1.29 is 23.8 Å². The Morgan fingerprint density at radius 1 is 1.08 bits per heavy atom. The number of benzene rings is 3. The second-order valence-corrected chi connectivity index (χ2v) is 10.5. The molecule has 37 heavy (non-hydrogen) atoms. The molecule has 3 aromatic rings. The predicted molar refractivity (Wildman–Crippen MR) is 140 cm³/mol. The Morgan fingerprint density at radius 2 is 1.76 bits per heavy atom. The number of aliphatic hydroxyl groups excluding tert-OH is 1. The van der Waals surface area contributed by atoms with Crippen molar-refractivity contribution in [1.29, 1.82) is 0 Å². The SMILES string of the molecule is COc1ccc([C@@H]2CN(C(=O)[CH]c3ccc(F)cc3)C[C@@]2(C)[C@@H](C)O)cc1OC1Cc2ccccc2C1. The molecule has 6 heteroatoms. The van der Waals surface area contributed by atoms with Crippen LogP contribution in [0.4, 0.5) is 4.39 Å². The number of ether oxygens (including phenoxy) is 2. The first-order chi connectivity index (χ1) is 17.8. The van der Waals surface area contributed by atoms with Gasteiger partial charge in [0, 0.05) is 37.3 Å². The Balaban J connectivity index is 1.37. The van der Waals surface area contributed by atoms with E-state index in [0.29, 0.717) is 30.2 Å². The Labute approximate surface area is 217 Å². The van der Waals surface area contributed by atoms with E-state index in [9.17, 15) is 14.3 Å². The molecule has 5 rings (SSSR count). The molecule has 5 nitrogen and oxygen atoms in total. The Morgan fingerprint density at radius 3 is 2.38 bits per heavy atom. The Hall–Kier alpha value is -3.38. The Kier molecular flexibility index (Phi) is 6.95. The maximum Gasteiger partial charge on any atom is 0.231 e. The van der Waals surface area contributed by atoms with Crippen LogP contribution in [0.3, 0.4) is 0 Å². The first-order valence-corrected chi connectivity index (χ1v) is 12.8. The molecular formula is C31H33FNO4. The number of nitrogens with zero attached hydrogens (tertiary/aromatic N) is 1. The minimum absolute atomic E-state index is 0.0247. The number of methoxy groups -OCH3 is 1. The number of likely N-dealkylation sites (tertiary alicyclic amines) is 1. The number of hydrogen-bond acceptors (Lipinski definition) is 4. The molecule has 1 fully saturated rings. The molecule has 2 aliphatic rings. The van der Waals surface area contributed by atoms with Gasteiger partial charge in [-0.1, -0.05) is 49.4 Å². The van der Waals surface area contributed by atoms with E-state index in [0.717, 1.165) is 18.4 Å². The van der Waals surface area contributed by atoms with E-state index in [2.05, 4.69) is 24.3 Å². The standard InChI is InChI=1S/C31H33FNO4/c1-20(34)31(2)19-33(30(35)14-21-8-11-25(32)12-9-21)18-27(31)24-10-13-28(36-3)29(17-24)37-26-15-22-6-4-5-7-23(22)16-26/h4-14,17,20,26-27,34H,15-16,18-19H2,1-3H3/t20-,27+,31+/m1/s1. The van der Waals surface area contributed by atoms with Crippen LogP contribution in [-0.2, 0) is 17.6 Å². The highest BCUT2D eigenvalue weighted by Gasteiger charge is 2.48. The minimum atomic E-state index is -0.642. The van der Waals surface area contributed by atoms with E-state index < -0.39 is 11.5 Å². The van der Waals surface area contributed by atoms with Crippen LogP contribution in [0.5, 0.6) is 11.5 Å². The van der Waals surface area contributed by atoms with E-state index >= 15 is 0 Å². The van der Waals surface area contributed by atoms with Gasteiger partial charge in [-0.3, -0.25) is 4.79 Å². The molecule has 1 saturated heterocycles. The summed E-state index contributed by atoms with van der Waals surface area (Å²) in [5.41, 5.74) is 3.71. The largest absolute Gasteiger partial charge is 0.493 e. The van der Waals surface area contributed by atoms with E-state index in [1.165, 1.54) is 29.7 Å². The number of carbonyl (C=O) groups is 1. The van der Waals surface area contributed by atoms with Crippen molar-refractivity contribution in [1.82, 2.24) is 4.90 Å². The fraction of sp³-hybridized carbons (Fsp3) is 0.355. The monoisotopic (exact) mass is 502 g/mol. The zero-order valence-corrected chi connectivity index (χ0v) is 21.5. The summed E-state index contributed by atoms with van der Waals surface area (Å²) in [4.78, 5) is 14.9. The number of halogens is 1. The number of fused-ring (bicyclic) bond motifs is 1. The van der Waals surface area contributed by atoms with E-state index in [4.69, 9.17) is 9.47 Å². The molecule has 1 amide bonds. The normalized spacial score (nSPS) is 22.1. The molecule has 0 bridgehead atoms. The second-order valence-electron chi connectivity index (χ2n) is 10.5. The molecule has 0 spiro atoms. The lowest BCUT2D eigenvalue weighted by Crippen LogP contribution is -2.38. The maximum atomic E-state index is 13.3. The molecule has 0 unspecified atom stereocenters. The van der Waals surface area contributed by atoms with Crippen molar-refractivity contribution >= 4 is 5.91 Å². The maximum absolute atomic E-state index is 13.3. The Bertz CT molecular complexity index is 1250. The van der Waals surface area contributed by atoms with E-state index in [1.807, 2.05) is 25.1 Å². The van der Waals surface area contributed by atoms with Crippen molar-refractivity contribution in [3.05, 3.63) is 101 Å². The number of rotatable bonds is 7. The summed E-state index contributed by atoms with van der Waals surface area (Å²) < 4.78 is 25.4. The molecular weight excluding hydrogens is 469 g/mol. The van der Waals surface area contributed by atoms with Gasteiger partial charge >= 0.3 is 0 Å². The van der Waals surface area contributed by atoms with Crippen molar-refractivity contribution in [2.24, 2.45) is 5.41 Å². The first-order valence-electron chi connectivity index (χ1n) is 12.8. The van der Waals surface area contributed by atoms with Crippen LogP contribution >= 0.6 is 0 Å². The van der Waals surface area contributed by atoms with Gasteiger partial charge in [0.1, 0.15) is 11.9 Å². The summed E-state index contributed by atoms with van der Waals surface area (Å²) in [5.74, 6) is 0.732. The van der Waals surface area contributed by atoms with Crippen LogP contribution in [0, 0.1) is 17.7 Å². The number of aliphatic hydroxyl groups is 1. The smallest absolute Gasteiger partial charge is 0.231 e. The third kappa shape index (κ3) is 5.08. The van der Waals surface area contributed by atoms with Crippen molar-refractivity contribution in [3.63, 3.8) is 0 Å². The zero-order valence-electron chi connectivity index (χ0n) is 21.5. The second kappa shape index (κ2) is 10.2. The van der Waals surface area contributed by atoms with Crippen LogP contribution < -0.4 is 9.47 Å². The molecule has 3 atom stereocenters. The van der Waals surface area contributed by atoms with Gasteiger partial charge in [-0.05, 0) is 53.4 Å². The molecule has 1 aliphatic carbocycles. The number of hydrogen-bond donors (Lipinski definition) is 1. The number of amides is 1. The molecule has 193 valence electrons. The summed E-state index contributed by atoms with van der Waals surface area (Å²) >= 11 is 0. The van der Waals surface area contributed by atoms with E-state index in [1.54, 1.807) is 31.1 Å². The zero-order chi connectivity index (χ0) is 26.2. The van der Waals surface area contributed by atoms with Gasteiger partial charge < -0.3 is 19.5 Å². The highest BCUT2D eigenvalue weighted by Crippen LogP contribution is 2.47. The molecule has 3 aromatic carbocycles. The summed E-state index contributed by atoms with van der Waals surface area (Å²) in [6.07, 6.45) is 2.60. The number of carbonyl (C=O) groups excluding carboxylic acids is 1. The van der Waals surface area contributed by atoms with Crippen molar-refractivity contribution in [2.75, 3.05) is 20.2 Å². The van der Waals surface area contributed by atoms with Crippen LogP contribution in [0.2, 0.25) is 0 Å². The quantitative estimate of drug-likeness (QED) is 0.497. The lowest BCUT2D eigenvalue weighted by atomic mass is 9.72. The summed E-state index contributed by atoms with van der Waals surface area (Å²) in [7, 11) is 1.63. The van der Waals surface area contributed by atoms with Crippen LogP contribution in [0.1, 0.15) is 42.0 Å². The molecule has 1 heterocycles. The van der Waals surface area contributed by atoms with Gasteiger partial charge in [-0.2, -0.15) is 0 Å². The highest BCUT2D eigenvalue weighted by molar-refractivity contribution is 5.89. The van der Waals surface area contributed by atoms with Gasteiger partial charge in [-0.25, -0.2) is 4.39 Å². The molecule has 0 saturated carbocycles. The van der Waals surface area contributed by atoms with Gasteiger partial charge in [0.15, 0.2) is 11.5 Å². The third-order valence-electron chi connectivity index (χ3n) is 8.05. The van der Waals surface area contributed by atoms with Crippen molar-refractivity contribution in [3.8, 4) is 11.5 Å². The van der Waals surface area contributed by atoms with Crippen LogP contribution in [0.15, 0.2) is 66.7 Å². The van der Waals surface area contributed by atoms with Crippen molar-refractivity contribution in [2.45, 2.75) is 44.8 Å². The fourth-order valence-corrected chi connectivity index (χ4v) is 5.67. The van der Waals surface area contributed by atoms with E-state index in [-0.39, 0.29) is 23.7 Å². The lowest BCUT2D eigenvalue weighted by molar-refractivity contribution is -0.126. The summed E-state index contributed by atoms with van der Waals surface area (Å²) in [6.45, 7) is 4.66. The third-order valence-corrected chi connectivity index (χ3v) is 8.05. The average molecular weight is 503 g/mol. The molecule has 0 aromatic heterocycles. The summed E-state index contributed by atoms with van der Waals surface area (Å²) in [5, 5.41) is 10.8. The summed E-state index contributed by atoms with van der Waals surface area (Å²) in [6, 6.07) is 20.2. The molecule has 1 radical (unpaired) electrons. The topological polar surface area (TPSA) is 59.0 Å². The van der Waals surface area contributed by atoms with Gasteiger partial charge in [-0.15, -0.1) is 0 Å². The van der Waals surface area contributed by atoms with Gasteiger partial charge in [0.05, 0.1) is 19.6 Å². The fourth-order valence-electron chi connectivity index (χ4n) is 5.67. The van der Waals surface area contributed by atoms with Crippen LogP contribution in [0.25, 0.3) is 0 Å². The first kappa shape index (κ1) is 25.3.